The van der Waals surface area contributed by atoms with Gasteiger partial charge >= 0.3 is 5.91 Å². The maximum atomic E-state index is 12.2. The van der Waals surface area contributed by atoms with Crippen molar-refractivity contribution in [2.75, 3.05) is 6.26 Å². The molecule has 0 aliphatic rings. The molecule has 8 heteroatoms. The van der Waals surface area contributed by atoms with Crippen molar-refractivity contribution in [2.24, 2.45) is 0 Å². The lowest BCUT2D eigenvalue weighted by Gasteiger charge is -2.07. The van der Waals surface area contributed by atoms with Gasteiger partial charge in [-0.3, -0.25) is 20.4 Å². The fraction of sp³-hybridized carbons (Fsp3) is 0.100. The van der Waals surface area contributed by atoms with Gasteiger partial charge in [-0.25, -0.2) is 8.42 Å². The number of carbonyl (C=O) groups excluding carboxylic acids is 2. The standard InChI is InChI=1S/C20H18N2O5S/c1-13-7-9-14(10-8-13)19(23)21-22-20(24)17-12-11-16(27-17)15-5-3-4-6-18(15)28(2,25)26/h3-12H,1-2H3,(H,21,23)(H,22,24). The van der Waals surface area contributed by atoms with Crippen LogP contribution in [0.2, 0.25) is 0 Å². The minimum Gasteiger partial charge on any atom is -0.451 e. The zero-order valence-corrected chi connectivity index (χ0v) is 16.0. The van der Waals surface area contributed by atoms with E-state index in [1.807, 2.05) is 6.92 Å². The summed E-state index contributed by atoms with van der Waals surface area (Å²) in [6.45, 7) is 1.90. The second-order valence-corrected chi connectivity index (χ2v) is 8.19. The lowest BCUT2D eigenvalue weighted by molar-refractivity contribution is 0.0831. The van der Waals surface area contributed by atoms with Crippen molar-refractivity contribution in [3.8, 4) is 11.3 Å². The third kappa shape index (κ3) is 4.29. The third-order valence-electron chi connectivity index (χ3n) is 3.99. The molecule has 2 amide bonds. The van der Waals surface area contributed by atoms with Gasteiger partial charge in [-0.05, 0) is 43.3 Å². The topological polar surface area (TPSA) is 105 Å². The largest absolute Gasteiger partial charge is 0.451 e. The molecule has 0 unspecified atom stereocenters. The molecule has 0 radical (unpaired) electrons. The summed E-state index contributed by atoms with van der Waals surface area (Å²) in [6.07, 6.45) is 1.10. The summed E-state index contributed by atoms with van der Waals surface area (Å²) < 4.78 is 29.4. The number of hydrogen-bond donors (Lipinski definition) is 2. The number of nitrogens with one attached hydrogen (secondary N) is 2. The number of sulfone groups is 1. The first-order chi connectivity index (χ1) is 13.3. The molecule has 0 fully saturated rings. The summed E-state index contributed by atoms with van der Waals surface area (Å²) in [4.78, 5) is 24.4. The van der Waals surface area contributed by atoms with Crippen LogP contribution in [0.25, 0.3) is 11.3 Å². The molecule has 0 aliphatic carbocycles. The van der Waals surface area contributed by atoms with Gasteiger partial charge < -0.3 is 4.42 Å². The van der Waals surface area contributed by atoms with Crippen LogP contribution in [-0.4, -0.2) is 26.5 Å². The highest BCUT2D eigenvalue weighted by Gasteiger charge is 2.19. The maximum Gasteiger partial charge on any atom is 0.305 e. The summed E-state index contributed by atoms with van der Waals surface area (Å²) in [5.41, 5.74) is 6.34. The van der Waals surface area contributed by atoms with Crippen molar-refractivity contribution in [1.82, 2.24) is 10.9 Å². The van der Waals surface area contributed by atoms with Gasteiger partial charge in [0.25, 0.3) is 5.91 Å². The Morgan fingerprint density at radius 2 is 1.50 bits per heavy atom. The van der Waals surface area contributed by atoms with Crippen LogP contribution in [0.1, 0.15) is 26.5 Å². The van der Waals surface area contributed by atoms with Crippen molar-refractivity contribution in [3.05, 3.63) is 77.6 Å². The fourth-order valence-electron chi connectivity index (χ4n) is 2.55. The van der Waals surface area contributed by atoms with Gasteiger partial charge in [-0.2, -0.15) is 0 Å². The second kappa shape index (κ2) is 7.69. The highest BCUT2D eigenvalue weighted by Crippen LogP contribution is 2.28. The summed E-state index contributed by atoms with van der Waals surface area (Å²) >= 11 is 0. The first-order valence-electron chi connectivity index (χ1n) is 8.32. The van der Waals surface area contributed by atoms with E-state index in [0.717, 1.165) is 11.8 Å². The van der Waals surface area contributed by atoms with E-state index in [2.05, 4.69) is 10.9 Å². The van der Waals surface area contributed by atoms with E-state index < -0.39 is 21.7 Å². The molecule has 3 rings (SSSR count). The Morgan fingerprint density at radius 1 is 0.857 bits per heavy atom. The highest BCUT2D eigenvalue weighted by molar-refractivity contribution is 7.90. The minimum absolute atomic E-state index is 0.0671. The van der Waals surface area contributed by atoms with Gasteiger partial charge in [0.1, 0.15) is 5.76 Å². The molecule has 7 nitrogen and oxygen atoms in total. The lowest BCUT2D eigenvalue weighted by Crippen LogP contribution is -2.41. The van der Waals surface area contributed by atoms with Gasteiger partial charge in [-0.15, -0.1) is 0 Å². The van der Waals surface area contributed by atoms with E-state index in [0.29, 0.717) is 11.1 Å². The zero-order valence-electron chi connectivity index (χ0n) is 15.2. The van der Waals surface area contributed by atoms with Crippen LogP contribution in [0.5, 0.6) is 0 Å². The Morgan fingerprint density at radius 3 is 2.18 bits per heavy atom. The molecule has 0 spiro atoms. The van der Waals surface area contributed by atoms with E-state index in [9.17, 15) is 18.0 Å². The fourth-order valence-corrected chi connectivity index (χ4v) is 3.44. The summed E-state index contributed by atoms with van der Waals surface area (Å²) in [5, 5.41) is 0. The SMILES string of the molecule is Cc1ccc(C(=O)NNC(=O)c2ccc(-c3ccccc3S(C)(=O)=O)o2)cc1. The Bertz CT molecular complexity index is 1130. The molecule has 3 aromatic rings. The average Bonchev–Trinajstić information content (AvgIpc) is 3.16. The first-order valence-corrected chi connectivity index (χ1v) is 10.2. The molecule has 0 saturated heterocycles. The number of amides is 2. The third-order valence-corrected chi connectivity index (χ3v) is 5.14. The van der Waals surface area contributed by atoms with Gasteiger partial charge in [0.05, 0.1) is 4.90 Å². The quantitative estimate of drug-likeness (QED) is 0.658. The number of furan rings is 1. The minimum atomic E-state index is -3.47. The van der Waals surface area contributed by atoms with Gasteiger partial charge in [-0.1, -0.05) is 29.8 Å². The molecule has 28 heavy (non-hydrogen) atoms. The average molecular weight is 398 g/mol. The molecular formula is C20H18N2O5S. The number of aryl methyl sites for hydroxylation is 1. The van der Waals surface area contributed by atoms with Crippen molar-refractivity contribution in [1.29, 1.82) is 0 Å². The summed E-state index contributed by atoms with van der Waals surface area (Å²) in [7, 11) is -3.47. The van der Waals surface area contributed by atoms with Crippen LogP contribution >= 0.6 is 0 Å². The Kier molecular flexibility index (Phi) is 5.32. The molecule has 0 atom stereocenters. The van der Waals surface area contributed by atoms with Crippen molar-refractivity contribution < 1.29 is 22.4 Å². The summed E-state index contributed by atoms with van der Waals surface area (Å²) in [5.74, 6) is -0.968. The summed E-state index contributed by atoms with van der Waals surface area (Å²) in [6, 6.07) is 16.1. The normalized spacial score (nSPS) is 11.1. The van der Waals surface area contributed by atoms with E-state index in [1.54, 1.807) is 42.5 Å². The van der Waals surface area contributed by atoms with E-state index in [-0.39, 0.29) is 16.4 Å². The van der Waals surface area contributed by atoms with Crippen molar-refractivity contribution >= 4 is 21.7 Å². The van der Waals surface area contributed by atoms with Gasteiger partial charge in [0.15, 0.2) is 15.6 Å². The number of hydrogen-bond acceptors (Lipinski definition) is 5. The number of rotatable bonds is 4. The Balaban J connectivity index is 1.73. The predicted molar refractivity (Wildman–Crippen MR) is 103 cm³/mol. The van der Waals surface area contributed by atoms with Crippen LogP contribution < -0.4 is 10.9 Å². The van der Waals surface area contributed by atoms with E-state index in [1.165, 1.54) is 18.2 Å². The lowest BCUT2D eigenvalue weighted by atomic mass is 10.1. The van der Waals surface area contributed by atoms with Gasteiger partial charge in [0, 0.05) is 17.4 Å². The molecule has 1 aromatic heterocycles. The zero-order chi connectivity index (χ0) is 20.3. The molecule has 0 aliphatic heterocycles. The molecular weight excluding hydrogens is 380 g/mol. The smallest absolute Gasteiger partial charge is 0.305 e. The van der Waals surface area contributed by atoms with Crippen molar-refractivity contribution in [2.45, 2.75) is 11.8 Å². The van der Waals surface area contributed by atoms with Crippen LogP contribution in [0.4, 0.5) is 0 Å². The van der Waals surface area contributed by atoms with Crippen LogP contribution in [0, 0.1) is 6.92 Å². The Labute approximate surface area is 162 Å². The molecule has 144 valence electrons. The number of carbonyl (C=O) groups is 2. The van der Waals surface area contributed by atoms with Crippen molar-refractivity contribution in [3.63, 3.8) is 0 Å². The molecule has 1 heterocycles. The van der Waals surface area contributed by atoms with Crippen LogP contribution in [-0.2, 0) is 9.84 Å². The molecule has 0 bridgehead atoms. The molecule has 2 aromatic carbocycles. The monoisotopic (exact) mass is 398 g/mol. The van der Waals surface area contributed by atoms with Gasteiger partial charge in [0.2, 0.25) is 0 Å². The van der Waals surface area contributed by atoms with Crippen LogP contribution in [0.3, 0.4) is 0 Å². The predicted octanol–water partition coefficient (Wildman–Crippen LogP) is 2.73. The maximum absolute atomic E-state index is 12.2. The Hall–Kier alpha value is -3.39. The number of hydrazine groups is 1. The van der Waals surface area contributed by atoms with E-state index in [4.69, 9.17) is 4.42 Å². The second-order valence-electron chi connectivity index (χ2n) is 6.21. The number of benzene rings is 2. The molecule has 2 N–H and O–H groups in total. The highest BCUT2D eigenvalue weighted by atomic mass is 32.2. The van der Waals surface area contributed by atoms with E-state index >= 15 is 0 Å². The first kappa shape index (κ1) is 19.4. The molecule has 0 saturated carbocycles. The van der Waals surface area contributed by atoms with Crippen LogP contribution in [0.15, 0.2) is 70.0 Å².